The van der Waals surface area contributed by atoms with Crippen LogP contribution in [-0.4, -0.2) is 40.2 Å². The van der Waals surface area contributed by atoms with Crippen LogP contribution >= 0.6 is 0 Å². The predicted molar refractivity (Wildman–Crippen MR) is 69.5 cm³/mol. The van der Waals surface area contributed by atoms with Crippen molar-refractivity contribution in [3.8, 4) is 0 Å². The molecular weight excluding hydrogens is 246 g/mol. The lowest BCUT2D eigenvalue weighted by Crippen LogP contribution is -2.46. The number of amides is 1. The van der Waals surface area contributed by atoms with Crippen molar-refractivity contribution in [3.05, 3.63) is 18.4 Å². The van der Waals surface area contributed by atoms with Crippen molar-refractivity contribution >= 4 is 6.09 Å². The van der Waals surface area contributed by atoms with Gasteiger partial charge in [0.25, 0.3) is 0 Å². The van der Waals surface area contributed by atoms with Crippen molar-refractivity contribution in [1.82, 2.24) is 9.88 Å². The van der Waals surface area contributed by atoms with Crippen LogP contribution in [0.3, 0.4) is 0 Å². The van der Waals surface area contributed by atoms with Crippen LogP contribution in [0.2, 0.25) is 0 Å². The van der Waals surface area contributed by atoms with Crippen molar-refractivity contribution in [2.24, 2.45) is 5.73 Å². The van der Waals surface area contributed by atoms with Crippen LogP contribution in [0, 0.1) is 0 Å². The molecule has 2 N–H and O–H groups in total. The molecule has 6 heteroatoms. The molecule has 1 unspecified atom stereocenters. The van der Waals surface area contributed by atoms with Crippen LogP contribution in [0.5, 0.6) is 0 Å². The Hall–Kier alpha value is -1.56. The summed E-state index contributed by atoms with van der Waals surface area (Å²) in [4.78, 5) is 17.5. The molecule has 106 valence electrons. The Balaban J connectivity index is 1.93. The van der Waals surface area contributed by atoms with Gasteiger partial charge >= 0.3 is 6.09 Å². The van der Waals surface area contributed by atoms with Gasteiger partial charge in [0.2, 0.25) is 0 Å². The van der Waals surface area contributed by atoms with E-state index in [2.05, 4.69) is 4.98 Å². The lowest BCUT2D eigenvalue weighted by molar-refractivity contribution is 0.0284. The quantitative estimate of drug-likeness (QED) is 0.879. The molecule has 0 aromatic carbocycles. The van der Waals surface area contributed by atoms with Crippen molar-refractivity contribution < 1.29 is 13.9 Å². The van der Waals surface area contributed by atoms with Gasteiger partial charge in [-0.1, -0.05) is 0 Å². The number of aromatic nitrogens is 1. The van der Waals surface area contributed by atoms with Crippen molar-refractivity contribution in [2.45, 2.75) is 44.8 Å². The molecule has 2 heterocycles. The minimum atomic E-state index is -0.484. The Morgan fingerprint density at radius 3 is 2.95 bits per heavy atom. The van der Waals surface area contributed by atoms with Crippen LogP contribution in [0.25, 0.3) is 0 Å². The third-order valence-electron chi connectivity index (χ3n) is 3.05. The summed E-state index contributed by atoms with van der Waals surface area (Å²) in [7, 11) is 0. The molecule has 1 amide bonds. The van der Waals surface area contributed by atoms with E-state index in [1.807, 2.05) is 20.8 Å². The minimum Gasteiger partial charge on any atom is -0.448 e. The summed E-state index contributed by atoms with van der Waals surface area (Å²) in [6.45, 7) is 6.64. The number of nitrogens with two attached hydrogens (primary N) is 1. The fourth-order valence-corrected chi connectivity index (χ4v) is 2.20. The van der Waals surface area contributed by atoms with Gasteiger partial charge < -0.3 is 19.8 Å². The molecule has 0 spiro atoms. The Labute approximate surface area is 112 Å². The van der Waals surface area contributed by atoms with E-state index in [4.69, 9.17) is 14.9 Å². The fourth-order valence-electron chi connectivity index (χ4n) is 2.20. The average molecular weight is 267 g/mol. The molecule has 1 aliphatic rings. The van der Waals surface area contributed by atoms with Gasteiger partial charge in [-0.2, -0.15) is 0 Å². The number of carbonyl (C=O) groups excluding carboxylic acids is 1. The maximum absolute atomic E-state index is 12.0. The smallest absolute Gasteiger partial charge is 0.410 e. The molecule has 0 aliphatic carbocycles. The first-order valence-electron chi connectivity index (χ1n) is 6.42. The normalized spacial score (nSPS) is 23.7. The average Bonchev–Trinajstić information content (AvgIpc) is 2.86. The van der Waals surface area contributed by atoms with Gasteiger partial charge in [-0.25, -0.2) is 9.78 Å². The second kappa shape index (κ2) is 4.85. The summed E-state index contributed by atoms with van der Waals surface area (Å²) in [5.41, 5.74) is 5.36. The monoisotopic (exact) mass is 267 g/mol. The van der Waals surface area contributed by atoms with E-state index in [1.54, 1.807) is 11.1 Å². The zero-order valence-electron chi connectivity index (χ0n) is 11.7. The first-order chi connectivity index (χ1) is 8.77. The molecule has 6 nitrogen and oxygen atoms in total. The second-order valence-corrected chi connectivity index (χ2v) is 6.16. The Bertz CT molecular complexity index is 438. The molecule has 1 aromatic rings. The number of ether oxygens (including phenoxy) is 1. The summed E-state index contributed by atoms with van der Waals surface area (Å²) in [5.74, 6) is 0.744. The van der Waals surface area contributed by atoms with E-state index in [-0.39, 0.29) is 6.09 Å². The van der Waals surface area contributed by atoms with Gasteiger partial charge in [-0.05, 0) is 27.2 Å². The minimum absolute atomic E-state index is 0.308. The van der Waals surface area contributed by atoms with Gasteiger partial charge in [0.1, 0.15) is 11.4 Å². The number of oxazole rings is 1. The van der Waals surface area contributed by atoms with Crippen molar-refractivity contribution in [3.63, 3.8) is 0 Å². The maximum Gasteiger partial charge on any atom is 0.410 e. The number of likely N-dealkylation sites (tertiary alicyclic amines) is 1. The van der Waals surface area contributed by atoms with E-state index < -0.39 is 11.1 Å². The molecule has 0 saturated carbocycles. The molecule has 1 atom stereocenters. The predicted octanol–water partition coefficient (Wildman–Crippen LogP) is 1.56. The molecule has 1 aromatic heterocycles. The van der Waals surface area contributed by atoms with E-state index in [1.165, 1.54) is 6.39 Å². The molecular formula is C13H21N3O3. The highest BCUT2D eigenvalue weighted by Gasteiger charge is 2.39. The Morgan fingerprint density at radius 1 is 1.63 bits per heavy atom. The largest absolute Gasteiger partial charge is 0.448 e. The van der Waals surface area contributed by atoms with Crippen LogP contribution in [-0.2, 0) is 11.2 Å². The number of nitrogens with zero attached hydrogens (tertiary/aromatic N) is 2. The molecule has 19 heavy (non-hydrogen) atoms. The molecule has 1 fully saturated rings. The van der Waals surface area contributed by atoms with Gasteiger partial charge in [0.05, 0.1) is 6.20 Å². The van der Waals surface area contributed by atoms with E-state index in [9.17, 15) is 4.79 Å². The van der Waals surface area contributed by atoms with Crippen LogP contribution in [0.4, 0.5) is 4.79 Å². The van der Waals surface area contributed by atoms with Crippen molar-refractivity contribution in [1.29, 1.82) is 0 Å². The van der Waals surface area contributed by atoms with Gasteiger partial charge in [-0.15, -0.1) is 0 Å². The topological polar surface area (TPSA) is 81.6 Å². The summed E-state index contributed by atoms with van der Waals surface area (Å²) < 4.78 is 10.6. The van der Waals surface area contributed by atoms with Gasteiger partial charge in [0, 0.05) is 25.0 Å². The highest BCUT2D eigenvalue weighted by atomic mass is 16.6. The third-order valence-corrected chi connectivity index (χ3v) is 3.05. The summed E-state index contributed by atoms with van der Waals surface area (Å²) in [6.07, 6.45) is 4.04. The fraction of sp³-hybridized carbons (Fsp3) is 0.692. The summed E-state index contributed by atoms with van der Waals surface area (Å²) in [6, 6.07) is 0. The Kier molecular flexibility index (Phi) is 3.54. The van der Waals surface area contributed by atoms with E-state index in [0.717, 1.165) is 12.2 Å². The van der Waals surface area contributed by atoms with E-state index >= 15 is 0 Å². The summed E-state index contributed by atoms with van der Waals surface area (Å²) >= 11 is 0. The van der Waals surface area contributed by atoms with Crippen LogP contribution in [0.1, 0.15) is 33.0 Å². The van der Waals surface area contributed by atoms with Crippen LogP contribution in [0.15, 0.2) is 17.0 Å². The lowest BCUT2D eigenvalue weighted by Gasteiger charge is -2.26. The number of rotatable bonds is 2. The highest BCUT2D eigenvalue weighted by Crippen LogP contribution is 2.24. The third kappa shape index (κ3) is 3.70. The van der Waals surface area contributed by atoms with E-state index in [0.29, 0.717) is 19.5 Å². The zero-order valence-corrected chi connectivity index (χ0v) is 11.7. The molecule has 0 radical (unpaired) electrons. The zero-order chi connectivity index (χ0) is 14.1. The van der Waals surface area contributed by atoms with Gasteiger partial charge in [0.15, 0.2) is 6.39 Å². The number of carbonyl (C=O) groups is 1. The second-order valence-electron chi connectivity index (χ2n) is 6.16. The molecule has 1 aliphatic heterocycles. The molecule has 2 rings (SSSR count). The maximum atomic E-state index is 12.0. The SMILES string of the molecule is CC(C)(C)OC(=O)N1CCC(N)(Cc2cnco2)C1. The van der Waals surface area contributed by atoms with Crippen LogP contribution < -0.4 is 5.73 Å². The highest BCUT2D eigenvalue weighted by molar-refractivity contribution is 5.68. The first kappa shape index (κ1) is 13.9. The molecule has 0 bridgehead atoms. The Morgan fingerprint density at radius 2 is 2.37 bits per heavy atom. The number of hydrogen-bond acceptors (Lipinski definition) is 5. The number of hydrogen-bond donors (Lipinski definition) is 1. The van der Waals surface area contributed by atoms with Crippen molar-refractivity contribution in [2.75, 3.05) is 13.1 Å². The van der Waals surface area contributed by atoms with Gasteiger partial charge in [-0.3, -0.25) is 0 Å². The first-order valence-corrected chi connectivity index (χ1v) is 6.42. The lowest BCUT2D eigenvalue weighted by atomic mass is 9.95. The standard InChI is InChI=1S/C13H21N3O3/c1-12(2,3)19-11(17)16-5-4-13(14,8-16)6-10-7-15-9-18-10/h7,9H,4-6,8,14H2,1-3H3. The summed E-state index contributed by atoms with van der Waals surface area (Å²) in [5, 5.41) is 0. The molecule has 1 saturated heterocycles.